The summed E-state index contributed by atoms with van der Waals surface area (Å²) in [6, 6.07) is 0. The van der Waals surface area contributed by atoms with Crippen LogP contribution >= 0.6 is 33.3 Å². The second-order valence-corrected chi connectivity index (χ2v) is 8.57. The number of nitrogens with two attached hydrogens (primary N) is 1. The van der Waals surface area contributed by atoms with E-state index in [1.165, 1.54) is 0 Å². The van der Waals surface area contributed by atoms with Crippen molar-refractivity contribution in [2.75, 3.05) is 0 Å². The van der Waals surface area contributed by atoms with Crippen molar-refractivity contribution >= 4 is 33.3 Å². The molecule has 0 aromatic heterocycles. The lowest BCUT2D eigenvalue weighted by atomic mass is 13.9. The van der Waals surface area contributed by atoms with Crippen LogP contribution < -0.4 is 5.50 Å². The predicted molar refractivity (Wildman–Crippen MR) is 38.8 cm³/mol. The average molecular weight is 145 g/mol. The van der Waals surface area contributed by atoms with Crippen LogP contribution in [0.15, 0.2) is 0 Å². The minimum atomic E-state index is 0.677. The van der Waals surface area contributed by atoms with Crippen LogP contribution in [0, 0.1) is 0 Å². The average Bonchev–Trinajstić information content (AvgIpc) is 1.41. The van der Waals surface area contributed by atoms with E-state index in [2.05, 4.69) is 8.93 Å². The van der Waals surface area contributed by atoms with E-state index in [0.717, 1.165) is 15.9 Å². The van der Waals surface area contributed by atoms with Crippen LogP contribution in [0.3, 0.4) is 0 Å². The Morgan fingerprint density at radius 2 is 2.20 bits per heavy atom. The van der Waals surface area contributed by atoms with Crippen molar-refractivity contribution in [2.45, 2.75) is 0 Å². The summed E-state index contributed by atoms with van der Waals surface area (Å²) in [6.45, 7) is 0. The fourth-order valence-electron chi connectivity index (χ4n) is 0.0417. The Bertz CT molecular complexity index is 11.1. The molecular weight excluding hydrogens is 138 g/mol. The molecule has 0 heterocycles. The van der Waals surface area contributed by atoms with Crippen LogP contribution in [0.2, 0.25) is 0 Å². The molecule has 0 aromatic carbocycles. The Labute approximate surface area is 39.5 Å². The van der Waals surface area contributed by atoms with E-state index in [1.807, 2.05) is 0 Å². The highest BCUT2D eigenvalue weighted by Gasteiger charge is 1.66. The van der Waals surface area contributed by atoms with E-state index in [-0.39, 0.29) is 0 Å². The van der Waals surface area contributed by atoms with Crippen LogP contribution in [-0.4, -0.2) is 0 Å². The molecule has 2 N–H and O–H groups in total. The van der Waals surface area contributed by atoms with Crippen LogP contribution in [0.5, 0.6) is 0 Å². The molecule has 0 amide bonds. The summed E-state index contributed by atoms with van der Waals surface area (Å²) >= 11 is 0. The minimum absolute atomic E-state index is 0.677. The number of rotatable bonds is 2. The molecular formula is H7NP4. The van der Waals surface area contributed by atoms with Crippen LogP contribution in [0.25, 0.3) is 0 Å². The van der Waals surface area contributed by atoms with Gasteiger partial charge in [-0.25, -0.2) is 0 Å². The normalized spacial score (nSPS) is 15.6. The van der Waals surface area contributed by atoms with Gasteiger partial charge >= 0.3 is 0 Å². The highest BCUT2D eigenvalue weighted by Crippen LogP contribution is 2.53. The molecule has 0 spiro atoms. The summed E-state index contributed by atoms with van der Waals surface area (Å²) < 4.78 is 0. The van der Waals surface area contributed by atoms with Crippen molar-refractivity contribution < 1.29 is 0 Å². The quantitative estimate of drug-likeness (QED) is 0.585. The molecule has 0 aromatic rings. The van der Waals surface area contributed by atoms with Gasteiger partial charge in [0.15, 0.2) is 0 Å². The molecule has 0 aliphatic heterocycles. The summed E-state index contributed by atoms with van der Waals surface area (Å²) in [7, 11) is 5.33. The van der Waals surface area contributed by atoms with E-state index in [4.69, 9.17) is 5.50 Å². The van der Waals surface area contributed by atoms with Gasteiger partial charge in [-0.2, -0.15) is 0 Å². The first-order chi connectivity index (χ1) is 2.41. The Hall–Kier alpha value is 1.68. The zero-order chi connectivity index (χ0) is 4.12. The van der Waals surface area contributed by atoms with Crippen molar-refractivity contribution in [1.82, 2.24) is 0 Å². The van der Waals surface area contributed by atoms with E-state index < -0.39 is 0 Å². The standard InChI is InChI=1S/H7NP4/c1-3-5-4-2/h3-5H,1-2H2. The third kappa shape index (κ3) is 5.68. The monoisotopic (exact) mass is 145 g/mol. The molecule has 0 saturated carbocycles. The van der Waals surface area contributed by atoms with E-state index >= 15 is 0 Å². The molecule has 32 valence electrons. The Balaban J connectivity index is 2.19. The molecule has 0 fully saturated rings. The Morgan fingerprint density at radius 3 is 2.20 bits per heavy atom. The SMILES string of the molecule is NPPPP. The largest absolute Gasteiger partial charge is 0.309 e. The lowest BCUT2D eigenvalue weighted by Gasteiger charge is -1.81. The van der Waals surface area contributed by atoms with Crippen LogP contribution in [0.1, 0.15) is 0 Å². The maximum absolute atomic E-state index is 5.17. The topological polar surface area (TPSA) is 26.0 Å². The zero-order valence-corrected chi connectivity index (χ0v) is 6.81. The first-order valence-corrected chi connectivity index (χ1v) is 7.96. The Kier molecular flexibility index (Phi) is 7.59. The minimum Gasteiger partial charge on any atom is -0.309 e. The molecule has 0 radical (unpaired) electrons. The maximum atomic E-state index is 5.17. The van der Waals surface area contributed by atoms with Gasteiger partial charge in [-0.1, -0.05) is 15.9 Å². The summed E-state index contributed by atoms with van der Waals surface area (Å²) in [4.78, 5) is 0. The van der Waals surface area contributed by atoms with E-state index in [0.29, 0.717) is 8.42 Å². The molecule has 0 saturated heterocycles. The zero-order valence-electron chi connectivity index (χ0n) is 2.65. The second-order valence-electron chi connectivity index (χ2n) is 0.414. The van der Waals surface area contributed by atoms with Crippen molar-refractivity contribution in [1.29, 1.82) is 0 Å². The molecule has 4 atom stereocenters. The van der Waals surface area contributed by atoms with Gasteiger partial charge in [0.1, 0.15) is 0 Å². The highest BCUT2D eigenvalue weighted by atomic mass is 32.6. The molecule has 5 heavy (non-hydrogen) atoms. The molecule has 5 heteroatoms. The van der Waals surface area contributed by atoms with Gasteiger partial charge in [-0.3, -0.25) is 0 Å². The molecule has 0 aliphatic carbocycles. The van der Waals surface area contributed by atoms with Gasteiger partial charge in [0.25, 0.3) is 0 Å². The van der Waals surface area contributed by atoms with E-state index in [1.54, 1.807) is 0 Å². The lowest BCUT2D eigenvalue weighted by molar-refractivity contribution is 2.05. The van der Waals surface area contributed by atoms with Gasteiger partial charge in [0, 0.05) is 0 Å². The smallest absolute Gasteiger partial charge is 0.0297 e. The first-order valence-electron chi connectivity index (χ1n) is 1.08. The third-order valence-electron chi connectivity index (χ3n) is 0.144. The summed E-state index contributed by atoms with van der Waals surface area (Å²) in [5.41, 5.74) is 5.17. The van der Waals surface area contributed by atoms with Gasteiger partial charge in [-0.15, -0.1) is 8.93 Å². The van der Waals surface area contributed by atoms with Crippen LogP contribution in [0.4, 0.5) is 0 Å². The predicted octanol–water partition coefficient (Wildman–Crippen LogP) is 1.52. The third-order valence-corrected chi connectivity index (χ3v) is 7.79. The molecule has 4 unspecified atom stereocenters. The van der Waals surface area contributed by atoms with Crippen molar-refractivity contribution in [3.63, 3.8) is 0 Å². The van der Waals surface area contributed by atoms with Gasteiger partial charge in [0.2, 0.25) is 0 Å². The fourth-order valence-corrected chi connectivity index (χ4v) is 3.38. The van der Waals surface area contributed by atoms with Crippen LogP contribution in [-0.2, 0) is 0 Å². The summed E-state index contributed by atoms with van der Waals surface area (Å²) in [6.07, 6.45) is 0. The van der Waals surface area contributed by atoms with E-state index in [9.17, 15) is 0 Å². The molecule has 0 aliphatic rings. The summed E-state index contributed by atoms with van der Waals surface area (Å²) in [5, 5.41) is 0. The van der Waals surface area contributed by atoms with Gasteiger partial charge in [0.05, 0.1) is 0 Å². The Morgan fingerprint density at radius 1 is 1.60 bits per heavy atom. The van der Waals surface area contributed by atoms with Crippen molar-refractivity contribution in [3.05, 3.63) is 0 Å². The first kappa shape index (κ1) is 6.68. The highest BCUT2D eigenvalue weighted by molar-refractivity contribution is 8.56. The maximum Gasteiger partial charge on any atom is -0.0297 e. The van der Waals surface area contributed by atoms with Gasteiger partial charge < -0.3 is 5.50 Å². The van der Waals surface area contributed by atoms with Crippen molar-refractivity contribution in [2.24, 2.45) is 5.50 Å². The lowest BCUT2D eigenvalue weighted by Crippen LogP contribution is -1.55. The molecule has 1 nitrogen and oxygen atoms in total. The summed E-state index contributed by atoms with van der Waals surface area (Å²) in [5.74, 6) is 0. The molecule has 0 rings (SSSR count). The second kappa shape index (κ2) is 5.68. The fraction of sp³-hybridized carbons (Fsp3) is 0. The molecule has 0 bridgehead atoms. The number of hydrogen-bond donors (Lipinski definition) is 1. The number of hydrogen-bond acceptors (Lipinski definition) is 1. The van der Waals surface area contributed by atoms with Crippen molar-refractivity contribution in [3.8, 4) is 0 Å². The van der Waals surface area contributed by atoms with Gasteiger partial charge in [-0.05, 0) is 8.42 Å².